The number of ether oxygens (including phenoxy) is 2. The van der Waals surface area contributed by atoms with E-state index >= 15 is 0 Å². The molecule has 5 rings (SSSR count). The van der Waals surface area contributed by atoms with Crippen molar-refractivity contribution < 1.29 is 9.47 Å². The van der Waals surface area contributed by atoms with E-state index < -0.39 is 0 Å². The maximum atomic E-state index is 12.6. The van der Waals surface area contributed by atoms with Gasteiger partial charge in [-0.05, 0) is 40.3 Å². The van der Waals surface area contributed by atoms with E-state index in [2.05, 4.69) is 32.4 Å². The number of aromatic nitrogens is 4. The average Bonchev–Trinajstić information content (AvgIpc) is 3.37. The third-order valence-electron chi connectivity index (χ3n) is 5.28. The predicted octanol–water partition coefficient (Wildman–Crippen LogP) is 0.933. The standard InChI is InChI=1S/C20H22N6O3/c27-20-25(21-22-26(20)17-4-2-1-3-5-17)14-24-10-8-23(9-11-24)13-16-6-7-18-19(12-16)29-15-28-18/h1-7,12H,8-11,13-15H2. The smallest absolute Gasteiger partial charge is 0.369 e. The first-order valence-electron chi connectivity index (χ1n) is 9.68. The zero-order valence-electron chi connectivity index (χ0n) is 16.0. The molecule has 0 saturated carbocycles. The van der Waals surface area contributed by atoms with Crippen LogP contribution in [0.3, 0.4) is 0 Å². The van der Waals surface area contributed by atoms with Crippen LogP contribution in [-0.4, -0.2) is 62.6 Å². The number of nitrogens with zero attached hydrogens (tertiary/aromatic N) is 6. The second-order valence-corrected chi connectivity index (χ2v) is 7.23. The van der Waals surface area contributed by atoms with E-state index in [4.69, 9.17) is 9.47 Å². The topological polar surface area (TPSA) is 77.7 Å². The van der Waals surface area contributed by atoms with Crippen molar-refractivity contribution in [2.75, 3.05) is 33.0 Å². The number of para-hydroxylation sites is 1. The highest BCUT2D eigenvalue weighted by atomic mass is 16.7. The Bertz CT molecular complexity index is 1040. The molecule has 0 spiro atoms. The summed E-state index contributed by atoms with van der Waals surface area (Å²) in [7, 11) is 0. The number of rotatable bonds is 5. The van der Waals surface area contributed by atoms with Crippen LogP contribution < -0.4 is 15.2 Å². The molecule has 0 radical (unpaired) electrons. The third kappa shape index (κ3) is 3.74. The number of hydrogen-bond donors (Lipinski definition) is 0. The molecule has 150 valence electrons. The van der Waals surface area contributed by atoms with Gasteiger partial charge in [-0.1, -0.05) is 24.3 Å². The minimum absolute atomic E-state index is 0.223. The Morgan fingerprint density at radius 2 is 1.62 bits per heavy atom. The maximum Gasteiger partial charge on any atom is 0.369 e. The van der Waals surface area contributed by atoms with E-state index in [1.165, 1.54) is 14.9 Å². The molecule has 0 bridgehead atoms. The summed E-state index contributed by atoms with van der Waals surface area (Å²) in [5.74, 6) is 1.63. The fourth-order valence-corrected chi connectivity index (χ4v) is 3.67. The molecule has 0 atom stereocenters. The molecule has 1 aromatic heterocycles. The molecule has 1 saturated heterocycles. The number of fused-ring (bicyclic) bond motifs is 1. The fraction of sp³-hybridized carbons (Fsp3) is 0.350. The van der Waals surface area contributed by atoms with Crippen molar-refractivity contribution >= 4 is 0 Å². The highest BCUT2D eigenvalue weighted by Crippen LogP contribution is 2.32. The highest BCUT2D eigenvalue weighted by molar-refractivity contribution is 5.44. The molecule has 9 nitrogen and oxygen atoms in total. The lowest BCUT2D eigenvalue weighted by Crippen LogP contribution is -2.47. The fourth-order valence-electron chi connectivity index (χ4n) is 3.67. The summed E-state index contributed by atoms with van der Waals surface area (Å²) in [6.07, 6.45) is 0. The lowest BCUT2D eigenvalue weighted by Gasteiger charge is -2.34. The van der Waals surface area contributed by atoms with Gasteiger partial charge in [0, 0.05) is 32.7 Å². The number of hydrogen-bond acceptors (Lipinski definition) is 7. The molecule has 2 aliphatic heterocycles. The van der Waals surface area contributed by atoms with Gasteiger partial charge in [-0.2, -0.15) is 9.36 Å². The molecular formula is C20H22N6O3. The molecule has 0 amide bonds. The zero-order chi connectivity index (χ0) is 19.6. The van der Waals surface area contributed by atoms with E-state index in [0.717, 1.165) is 49.9 Å². The predicted molar refractivity (Wildman–Crippen MR) is 105 cm³/mol. The number of piperazine rings is 1. The van der Waals surface area contributed by atoms with Crippen LogP contribution in [0.15, 0.2) is 53.3 Å². The van der Waals surface area contributed by atoms with E-state index in [9.17, 15) is 4.79 Å². The van der Waals surface area contributed by atoms with Gasteiger partial charge in [0.25, 0.3) is 0 Å². The molecule has 29 heavy (non-hydrogen) atoms. The van der Waals surface area contributed by atoms with Crippen molar-refractivity contribution in [2.45, 2.75) is 13.2 Å². The monoisotopic (exact) mass is 394 g/mol. The van der Waals surface area contributed by atoms with Gasteiger partial charge in [0.15, 0.2) is 11.5 Å². The Morgan fingerprint density at radius 1 is 0.862 bits per heavy atom. The zero-order valence-corrected chi connectivity index (χ0v) is 16.0. The van der Waals surface area contributed by atoms with E-state index in [-0.39, 0.29) is 5.69 Å². The largest absolute Gasteiger partial charge is 0.454 e. The minimum atomic E-state index is -0.223. The summed E-state index contributed by atoms with van der Waals surface area (Å²) in [6.45, 7) is 5.21. The molecular weight excluding hydrogens is 372 g/mol. The molecule has 3 aromatic rings. The number of benzene rings is 2. The van der Waals surface area contributed by atoms with Gasteiger partial charge < -0.3 is 9.47 Å². The summed E-state index contributed by atoms with van der Waals surface area (Å²) in [4.78, 5) is 17.2. The third-order valence-corrected chi connectivity index (χ3v) is 5.28. The first-order valence-corrected chi connectivity index (χ1v) is 9.68. The van der Waals surface area contributed by atoms with Crippen LogP contribution >= 0.6 is 0 Å². The van der Waals surface area contributed by atoms with Crippen LogP contribution in [0.5, 0.6) is 11.5 Å². The Morgan fingerprint density at radius 3 is 2.45 bits per heavy atom. The van der Waals surface area contributed by atoms with Gasteiger partial charge in [0.05, 0.1) is 5.69 Å². The summed E-state index contributed by atoms with van der Waals surface area (Å²) >= 11 is 0. The Hall–Kier alpha value is -3.17. The van der Waals surface area contributed by atoms with Gasteiger partial charge in [-0.15, -0.1) is 0 Å². The van der Waals surface area contributed by atoms with E-state index in [1.807, 2.05) is 36.4 Å². The van der Waals surface area contributed by atoms with Gasteiger partial charge in [-0.25, -0.2) is 4.79 Å². The Kier molecular flexibility index (Phi) is 4.74. The molecule has 1 fully saturated rings. The highest BCUT2D eigenvalue weighted by Gasteiger charge is 2.20. The van der Waals surface area contributed by atoms with Crippen molar-refractivity contribution in [3.05, 3.63) is 64.6 Å². The Labute approximate surface area is 167 Å². The van der Waals surface area contributed by atoms with Crippen LogP contribution in [0.2, 0.25) is 0 Å². The summed E-state index contributed by atoms with van der Waals surface area (Å²) < 4.78 is 13.6. The van der Waals surface area contributed by atoms with Crippen LogP contribution in [0.25, 0.3) is 5.69 Å². The summed E-state index contributed by atoms with van der Waals surface area (Å²) in [6, 6.07) is 15.4. The first-order chi connectivity index (χ1) is 14.3. The molecule has 0 unspecified atom stereocenters. The Balaban J connectivity index is 1.18. The lowest BCUT2D eigenvalue weighted by atomic mass is 10.1. The normalized spacial score (nSPS) is 17.0. The van der Waals surface area contributed by atoms with E-state index in [1.54, 1.807) is 0 Å². The van der Waals surface area contributed by atoms with Gasteiger partial charge in [0.2, 0.25) is 6.79 Å². The van der Waals surface area contributed by atoms with Crippen LogP contribution in [0.1, 0.15) is 5.56 Å². The van der Waals surface area contributed by atoms with Gasteiger partial charge in [0.1, 0.15) is 6.67 Å². The van der Waals surface area contributed by atoms with Gasteiger partial charge in [-0.3, -0.25) is 9.80 Å². The number of tetrazole rings is 1. The van der Waals surface area contributed by atoms with Crippen molar-refractivity contribution in [1.29, 1.82) is 0 Å². The van der Waals surface area contributed by atoms with Crippen molar-refractivity contribution in [2.24, 2.45) is 0 Å². The van der Waals surface area contributed by atoms with Crippen LogP contribution in [0, 0.1) is 0 Å². The lowest BCUT2D eigenvalue weighted by molar-refractivity contribution is 0.0968. The van der Waals surface area contributed by atoms with Crippen molar-refractivity contribution in [1.82, 2.24) is 29.6 Å². The minimum Gasteiger partial charge on any atom is -0.454 e. The average molecular weight is 394 g/mol. The van der Waals surface area contributed by atoms with Crippen LogP contribution in [-0.2, 0) is 13.2 Å². The van der Waals surface area contributed by atoms with Crippen molar-refractivity contribution in [3.63, 3.8) is 0 Å². The molecule has 0 N–H and O–H groups in total. The SMILES string of the molecule is O=c1n(CN2CCN(Cc3ccc4c(c3)OCO4)CC2)nnn1-c1ccccc1. The molecule has 0 aliphatic carbocycles. The molecule has 9 heteroatoms. The van der Waals surface area contributed by atoms with Crippen molar-refractivity contribution in [3.8, 4) is 17.2 Å². The second kappa shape index (κ2) is 7.69. The summed E-state index contributed by atoms with van der Waals surface area (Å²) in [5, 5.41) is 8.05. The second-order valence-electron chi connectivity index (χ2n) is 7.23. The molecule has 3 heterocycles. The van der Waals surface area contributed by atoms with E-state index in [0.29, 0.717) is 13.5 Å². The van der Waals surface area contributed by atoms with Gasteiger partial charge >= 0.3 is 5.69 Å². The molecule has 2 aliphatic rings. The maximum absolute atomic E-state index is 12.6. The summed E-state index contributed by atoms with van der Waals surface area (Å²) in [5.41, 5.74) is 1.71. The quantitative estimate of drug-likeness (QED) is 0.637. The van der Waals surface area contributed by atoms with Crippen LogP contribution in [0.4, 0.5) is 0 Å². The first kappa shape index (κ1) is 17.9. The molecule has 2 aromatic carbocycles.